The first-order valence-corrected chi connectivity index (χ1v) is 7.87. The van der Waals surface area contributed by atoms with E-state index in [4.69, 9.17) is 11.6 Å². The molecule has 24 heavy (non-hydrogen) atoms. The molecule has 0 aromatic heterocycles. The third-order valence-electron chi connectivity index (χ3n) is 4.06. The second kappa shape index (κ2) is 5.62. The number of benzene rings is 3. The molecule has 0 atom stereocenters. The van der Waals surface area contributed by atoms with Crippen molar-refractivity contribution < 1.29 is 9.59 Å². The van der Waals surface area contributed by atoms with Gasteiger partial charge >= 0.3 is 0 Å². The van der Waals surface area contributed by atoms with Crippen molar-refractivity contribution in [3.05, 3.63) is 94.0 Å². The molecule has 0 bridgehead atoms. The van der Waals surface area contributed by atoms with Crippen LogP contribution in [-0.2, 0) is 0 Å². The lowest BCUT2D eigenvalue weighted by atomic mass is 9.83. The highest BCUT2D eigenvalue weighted by Crippen LogP contribution is 2.33. The summed E-state index contributed by atoms with van der Waals surface area (Å²) < 4.78 is 0. The fourth-order valence-electron chi connectivity index (χ4n) is 2.97. The molecule has 3 nitrogen and oxygen atoms in total. The van der Waals surface area contributed by atoms with Crippen molar-refractivity contribution in [3.8, 4) is 0 Å². The highest BCUT2D eigenvalue weighted by atomic mass is 35.5. The van der Waals surface area contributed by atoms with E-state index in [0.29, 0.717) is 33.0 Å². The summed E-state index contributed by atoms with van der Waals surface area (Å²) in [6.07, 6.45) is 0. The Kier molecular flexibility index (Phi) is 3.44. The maximum absolute atomic E-state index is 12.9. The summed E-state index contributed by atoms with van der Waals surface area (Å²) in [7, 11) is 0. The van der Waals surface area contributed by atoms with Gasteiger partial charge in [0.05, 0.1) is 11.3 Å². The first-order valence-electron chi connectivity index (χ1n) is 7.49. The lowest BCUT2D eigenvalue weighted by molar-refractivity contribution is 0.0979. The minimum atomic E-state index is -0.148. The molecule has 0 saturated carbocycles. The fraction of sp³-hybridized carbons (Fsp3) is 0. The van der Waals surface area contributed by atoms with Crippen LogP contribution in [0.1, 0.15) is 31.8 Å². The van der Waals surface area contributed by atoms with Crippen LogP contribution < -0.4 is 5.32 Å². The van der Waals surface area contributed by atoms with Crippen LogP contribution in [-0.4, -0.2) is 11.6 Å². The Bertz CT molecular complexity index is 994. The number of rotatable bonds is 2. The van der Waals surface area contributed by atoms with Gasteiger partial charge in [0.2, 0.25) is 0 Å². The molecule has 1 aliphatic rings. The Morgan fingerprint density at radius 3 is 2.12 bits per heavy atom. The Morgan fingerprint density at radius 1 is 0.708 bits per heavy atom. The van der Waals surface area contributed by atoms with E-state index in [1.807, 2.05) is 12.1 Å². The fourth-order valence-corrected chi connectivity index (χ4v) is 3.16. The predicted octanol–water partition coefficient (Wildman–Crippen LogP) is 4.86. The number of ketones is 2. The normalized spacial score (nSPS) is 12.5. The number of nitrogens with one attached hydrogen (secondary N) is 1. The van der Waals surface area contributed by atoms with Crippen LogP contribution in [0.2, 0.25) is 5.02 Å². The van der Waals surface area contributed by atoms with Crippen molar-refractivity contribution in [3.63, 3.8) is 0 Å². The van der Waals surface area contributed by atoms with Crippen molar-refractivity contribution in [2.45, 2.75) is 0 Å². The first kappa shape index (κ1) is 14.7. The van der Waals surface area contributed by atoms with Gasteiger partial charge in [0.25, 0.3) is 0 Å². The zero-order chi connectivity index (χ0) is 16.7. The number of hydrogen-bond acceptors (Lipinski definition) is 3. The van der Waals surface area contributed by atoms with E-state index in [1.54, 1.807) is 54.6 Å². The Balaban J connectivity index is 1.85. The zero-order valence-electron chi connectivity index (χ0n) is 12.5. The van der Waals surface area contributed by atoms with Gasteiger partial charge in [-0.2, -0.15) is 0 Å². The van der Waals surface area contributed by atoms with Crippen LogP contribution in [0.5, 0.6) is 0 Å². The minimum Gasteiger partial charge on any atom is -0.355 e. The maximum atomic E-state index is 12.9. The molecule has 0 radical (unpaired) electrons. The average Bonchev–Trinajstić information content (AvgIpc) is 2.60. The first-order chi connectivity index (χ1) is 11.6. The van der Waals surface area contributed by atoms with Gasteiger partial charge in [-0.05, 0) is 24.3 Å². The van der Waals surface area contributed by atoms with Gasteiger partial charge < -0.3 is 5.32 Å². The van der Waals surface area contributed by atoms with E-state index in [0.717, 1.165) is 5.69 Å². The smallest absolute Gasteiger partial charge is 0.196 e. The van der Waals surface area contributed by atoms with E-state index in [9.17, 15) is 9.59 Å². The van der Waals surface area contributed by atoms with E-state index in [1.165, 1.54) is 0 Å². The molecule has 0 aliphatic heterocycles. The molecular weight excluding hydrogens is 322 g/mol. The Hall–Kier alpha value is -2.91. The van der Waals surface area contributed by atoms with Gasteiger partial charge in [-0.15, -0.1) is 0 Å². The molecule has 0 unspecified atom stereocenters. The second-order valence-corrected chi connectivity index (χ2v) is 6.00. The summed E-state index contributed by atoms with van der Waals surface area (Å²) in [5.41, 5.74) is 3.08. The van der Waals surface area contributed by atoms with E-state index in [-0.39, 0.29) is 11.6 Å². The monoisotopic (exact) mass is 333 g/mol. The number of fused-ring (bicyclic) bond motifs is 2. The molecule has 3 aromatic carbocycles. The molecule has 4 heteroatoms. The third kappa shape index (κ3) is 2.30. The number of carbonyl (C=O) groups is 2. The van der Waals surface area contributed by atoms with Gasteiger partial charge in [0.15, 0.2) is 11.6 Å². The van der Waals surface area contributed by atoms with Crippen molar-refractivity contribution >= 4 is 34.5 Å². The summed E-state index contributed by atoms with van der Waals surface area (Å²) in [6.45, 7) is 0. The highest BCUT2D eigenvalue weighted by Gasteiger charge is 2.31. The molecule has 0 saturated heterocycles. The van der Waals surface area contributed by atoms with Crippen molar-refractivity contribution in [1.82, 2.24) is 0 Å². The van der Waals surface area contributed by atoms with Crippen molar-refractivity contribution in [2.24, 2.45) is 0 Å². The van der Waals surface area contributed by atoms with E-state index in [2.05, 4.69) is 5.32 Å². The molecule has 0 heterocycles. The summed E-state index contributed by atoms with van der Waals surface area (Å²) in [6, 6.07) is 19.4. The Morgan fingerprint density at radius 2 is 1.38 bits per heavy atom. The second-order valence-electron chi connectivity index (χ2n) is 5.57. The standard InChI is InChI=1S/C20H12ClNO2/c21-12-5-3-6-13(11-12)22-17-10-4-9-16-18(17)20(24)15-8-2-1-7-14(15)19(16)23/h1-11,22H. The number of anilines is 2. The molecule has 3 aromatic rings. The summed E-state index contributed by atoms with van der Waals surface area (Å²) in [5.74, 6) is -0.278. The number of carbonyl (C=O) groups excluding carboxylic acids is 2. The average molecular weight is 334 g/mol. The molecule has 1 N–H and O–H groups in total. The lowest BCUT2D eigenvalue weighted by Gasteiger charge is -2.20. The molecule has 4 rings (SSSR count). The van der Waals surface area contributed by atoms with Gasteiger partial charge in [0.1, 0.15) is 0 Å². The molecule has 116 valence electrons. The van der Waals surface area contributed by atoms with Crippen LogP contribution in [0.3, 0.4) is 0 Å². The van der Waals surface area contributed by atoms with E-state index < -0.39 is 0 Å². The third-order valence-corrected chi connectivity index (χ3v) is 4.29. The molecular formula is C20H12ClNO2. The molecule has 0 fully saturated rings. The SMILES string of the molecule is O=C1c2ccccc2C(=O)c2c(Nc3cccc(Cl)c3)cccc21. The van der Waals surface area contributed by atoms with Gasteiger partial charge in [-0.25, -0.2) is 0 Å². The summed E-state index contributed by atoms with van der Waals surface area (Å²) in [4.78, 5) is 25.6. The highest BCUT2D eigenvalue weighted by molar-refractivity contribution is 6.31. The van der Waals surface area contributed by atoms with Crippen molar-refractivity contribution in [1.29, 1.82) is 0 Å². The van der Waals surface area contributed by atoms with E-state index >= 15 is 0 Å². The zero-order valence-corrected chi connectivity index (χ0v) is 13.3. The van der Waals surface area contributed by atoms with Gasteiger partial charge in [-0.1, -0.05) is 54.1 Å². The van der Waals surface area contributed by atoms with Crippen LogP contribution in [0, 0.1) is 0 Å². The van der Waals surface area contributed by atoms with Crippen LogP contribution >= 0.6 is 11.6 Å². The maximum Gasteiger partial charge on any atom is 0.196 e. The number of hydrogen-bond donors (Lipinski definition) is 1. The van der Waals surface area contributed by atoms with Crippen LogP contribution in [0.15, 0.2) is 66.7 Å². The largest absolute Gasteiger partial charge is 0.355 e. The quantitative estimate of drug-likeness (QED) is 0.570. The molecule has 1 aliphatic carbocycles. The number of halogens is 1. The molecule has 0 amide bonds. The lowest BCUT2D eigenvalue weighted by Crippen LogP contribution is -2.22. The van der Waals surface area contributed by atoms with Crippen LogP contribution in [0.4, 0.5) is 11.4 Å². The van der Waals surface area contributed by atoms with Crippen LogP contribution in [0.25, 0.3) is 0 Å². The predicted molar refractivity (Wildman–Crippen MR) is 94.5 cm³/mol. The van der Waals surface area contributed by atoms with Gasteiger partial charge in [-0.3, -0.25) is 9.59 Å². The minimum absolute atomic E-state index is 0.130. The topological polar surface area (TPSA) is 46.2 Å². The Labute approximate surface area is 143 Å². The van der Waals surface area contributed by atoms with Crippen molar-refractivity contribution in [2.75, 3.05) is 5.32 Å². The molecule has 0 spiro atoms. The summed E-state index contributed by atoms with van der Waals surface area (Å²) in [5, 5.41) is 3.79. The van der Waals surface area contributed by atoms with Gasteiger partial charge in [0, 0.05) is 27.4 Å². The summed E-state index contributed by atoms with van der Waals surface area (Å²) >= 11 is 6.01.